The van der Waals surface area contributed by atoms with Gasteiger partial charge in [0, 0.05) is 18.0 Å². The summed E-state index contributed by atoms with van der Waals surface area (Å²) in [6, 6.07) is 8.05. The van der Waals surface area contributed by atoms with Gasteiger partial charge in [0.2, 0.25) is 0 Å². The van der Waals surface area contributed by atoms with Crippen molar-refractivity contribution in [3.8, 4) is 0 Å². The topological polar surface area (TPSA) is 40.5 Å². The van der Waals surface area contributed by atoms with Crippen molar-refractivity contribution in [2.24, 2.45) is 0 Å². The van der Waals surface area contributed by atoms with Gasteiger partial charge < -0.3 is 10.0 Å². The Bertz CT molecular complexity index is 405. The maximum Gasteiger partial charge on any atom is 0.303 e. The predicted molar refractivity (Wildman–Crippen MR) is 72.1 cm³/mol. The standard InChI is InChI=1S/C14H18ClNO2/c15-13-5-3-11(4-6-13)12-7-9-16(10-12)8-1-2-14(17)18/h3-6,12H,1-2,7-10H2,(H,17,18). The van der Waals surface area contributed by atoms with E-state index in [9.17, 15) is 4.79 Å². The minimum absolute atomic E-state index is 0.266. The zero-order valence-electron chi connectivity index (χ0n) is 10.3. The maximum atomic E-state index is 10.5. The minimum atomic E-state index is -0.705. The van der Waals surface area contributed by atoms with Crippen molar-refractivity contribution in [3.63, 3.8) is 0 Å². The van der Waals surface area contributed by atoms with Crippen LogP contribution in [0.15, 0.2) is 24.3 Å². The molecule has 0 saturated carbocycles. The minimum Gasteiger partial charge on any atom is -0.481 e. The van der Waals surface area contributed by atoms with E-state index in [0.717, 1.165) is 37.5 Å². The second kappa shape index (κ2) is 6.21. The van der Waals surface area contributed by atoms with Gasteiger partial charge in [0.1, 0.15) is 0 Å². The van der Waals surface area contributed by atoms with E-state index in [1.807, 2.05) is 12.1 Å². The molecule has 0 bridgehead atoms. The first-order valence-corrected chi connectivity index (χ1v) is 6.72. The van der Waals surface area contributed by atoms with Crippen LogP contribution in [0.5, 0.6) is 0 Å². The van der Waals surface area contributed by atoms with E-state index >= 15 is 0 Å². The first-order valence-electron chi connectivity index (χ1n) is 6.35. The summed E-state index contributed by atoms with van der Waals surface area (Å²) in [5, 5.41) is 9.39. The lowest BCUT2D eigenvalue weighted by molar-refractivity contribution is -0.137. The normalized spacial score (nSPS) is 20.2. The molecule has 1 aliphatic rings. The summed E-state index contributed by atoms with van der Waals surface area (Å²) < 4.78 is 0. The van der Waals surface area contributed by atoms with Crippen LogP contribution in [0.2, 0.25) is 5.02 Å². The highest BCUT2D eigenvalue weighted by atomic mass is 35.5. The van der Waals surface area contributed by atoms with E-state index in [0.29, 0.717) is 5.92 Å². The molecular weight excluding hydrogens is 250 g/mol. The van der Waals surface area contributed by atoms with Gasteiger partial charge in [0.15, 0.2) is 0 Å². The average molecular weight is 268 g/mol. The number of aliphatic carboxylic acids is 1. The number of carboxylic acids is 1. The van der Waals surface area contributed by atoms with Crippen LogP contribution in [0.4, 0.5) is 0 Å². The van der Waals surface area contributed by atoms with Crippen LogP contribution in [0, 0.1) is 0 Å². The van der Waals surface area contributed by atoms with Crippen molar-refractivity contribution < 1.29 is 9.90 Å². The third kappa shape index (κ3) is 3.72. The Hall–Kier alpha value is -1.06. The van der Waals surface area contributed by atoms with Crippen molar-refractivity contribution in [2.75, 3.05) is 19.6 Å². The molecule has 1 fully saturated rings. The number of nitrogens with zero attached hydrogens (tertiary/aromatic N) is 1. The number of hydrogen-bond acceptors (Lipinski definition) is 2. The smallest absolute Gasteiger partial charge is 0.303 e. The third-order valence-corrected chi connectivity index (χ3v) is 3.73. The van der Waals surface area contributed by atoms with Gasteiger partial charge in [-0.15, -0.1) is 0 Å². The van der Waals surface area contributed by atoms with Crippen LogP contribution in [0.1, 0.15) is 30.7 Å². The van der Waals surface area contributed by atoms with Crippen LogP contribution in [0.25, 0.3) is 0 Å². The van der Waals surface area contributed by atoms with Gasteiger partial charge in [-0.05, 0) is 49.5 Å². The monoisotopic (exact) mass is 267 g/mol. The summed E-state index contributed by atoms with van der Waals surface area (Å²) in [5.74, 6) is -0.143. The van der Waals surface area contributed by atoms with E-state index in [1.165, 1.54) is 5.56 Å². The van der Waals surface area contributed by atoms with Crippen LogP contribution in [-0.4, -0.2) is 35.6 Å². The Morgan fingerprint density at radius 2 is 2.11 bits per heavy atom. The Balaban J connectivity index is 1.81. The first-order chi connectivity index (χ1) is 8.65. The zero-order valence-corrected chi connectivity index (χ0v) is 11.1. The second-order valence-corrected chi connectivity index (χ2v) is 5.27. The maximum absolute atomic E-state index is 10.5. The number of hydrogen-bond donors (Lipinski definition) is 1. The van der Waals surface area contributed by atoms with E-state index in [4.69, 9.17) is 16.7 Å². The van der Waals surface area contributed by atoms with Gasteiger partial charge in [-0.1, -0.05) is 23.7 Å². The summed E-state index contributed by atoms with van der Waals surface area (Å²) in [5.41, 5.74) is 1.33. The number of carbonyl (C=O) groups is 1. The number of rotatable bonds is 5. The van der Waals surface area contributed by atoms with Gasteiger partial charge in [0.05, 0.1) is 0 Å². The SMILES string of the molecule is O=C(O)CCCN1CCC(c2ccc(Cl)cc2)C1. The molecule has 0 aliphatic carbocycles. The van der Waals surface area contributed by atoms with E-state index in [2.05, 4.69) is 17.0 Å². The molecule has 1 saturated heterocycles. The number of likely N-dealkylation sites (tertiary alicyclic amines) is 1. The molecule has 0 amide bonds. The lowest BCUT2D eigenvalue weighted by Crippen LogP contribution is -2.22. The van der Waals surface area contributed by atoms with Crippen molar-refractivity contribution >= 4 is 17.6 Å². The lowest BCUT2D eigenvalue weighted by Gasteiger charge is -2.15. The molecule has 18 heavy (non-hydrogen) atoms. The predicted octanol–water partition coefficient (Wildman–Crippen LogP) is 2.99. The zero-order chi connectivity index (χ0) is 13.0. The molecule has 1 aliphatic heterocycles. The molecule has 4 heteroatoms. The molecule has 1 heterocycles. The Labute approximate surface area is 112 Å². The Morgan fingerprint density at radius 1 is 1.39 bits per heavy atom. The molecule has 0 aromatic heterocycles. The lowest BCUT2D eigenvalue weighted by atomic mass is 9.99. The summed E-state index contributed by atoms with van der Waals surface area (Å²) in [4.78, 5) is 12.8. The molecule has 1 atom stereocenters. The van der Waals surface area contributed by atoms with Crippen molar-refractivity contribution in [1.29, 1.82) is 0 Å². The van der Waals surface area contributed by atoms with Gasteiger partial charge >= 0.3 is 5.97 Å². The van der Waals surface area contributed by atoms with Gasteiger partial charge in [-0.3, -0.25) is 4.79 Å². The number of benzene rings is 1. The molecule has 0 radical (unpaired) electrons. The molecule has 98 valence electrons. The number of halogens is 1. The summed E-state index contributed by atoms with van der Waals surface area (Å²) in [6.45, 7) is 2.98. The highest BCUT2D eigenvalue weighted by molar-refractivity contribution is 6.30. The van der Waals surface area contributed by atoms with E-state index in [1.54, 1.807) is 0 Å². The Morgan fingerprint density at radius 3 is 2.78 bits per heavy atom. The molecule has 0 spiro atoms. The van der Waals surface area contributed by atoms with Crippen LogP contribution >= 0.6 is 11.6 Å². The highest BCUT2D eigenvalue weighted by Gasteiger charge is 2.23. The molecule has 2 rings (SSSR count). The van der Waals surface area contributed by atoms with Crippen molar-refractivity contribution in [3.05, 3.63) is 34.9 Å². The summed E-state index contributed by atoms with van der Waals surface area (Å²) >= 11 is 5.88. The molecule has 1 aromatic rings. The highest BCUT2D eigenvalue weighted by Crippen LogP contribution is 2.28. The van der Waals surface area contributed by atoms with Crippen molar-refractivity contribution in [1.82, 2.24) is 4.90 Å². The third-order valence-electron chi connectivity index (χ3n) is 3.48. The van der Waals surface area contributed by atoms with Crippen molar-refractivity contribution in [2.45, 2.75) is 25.2 Å². The second-order valence-electron chi connectivity index (χ2n) is 4.84. The molecule has 3 nitrogen and oxygen atoms in total. The fourth-order valence-corrected chi connectivity index (χ4v) is 2.62. The molecule has 1 N–H and O–H groups in total. The quantitative estimate of drug-likeness (QED) is 0.892. The van der Waals surface area contributed by atoms with Crippen LogP contribution in [0.3, 0.4) is 0 Å². The molecule has 1 unspecified atom stereocenters. The summed E-state index contributed by atoms with van der Waals surface area (Å²) in [7, 11) is 0. The molecule has 1 aromatic carbocycles. The van der Waals surface area contributed by atoms with Gasteiger partial charge in [-0.25, -0.2) is 0 Å². The fourth-order valence-electron chi connectivity index (χ4n) is 2.50. The fraction of sp³-hybridized carbons (Fsp3) is 0.500. The van der Waals surface area contributed by atoms with Gasteiger partial charge in [0.25, 0.3) is 0 Å². The summed E-state index contributed by atoms with van der Waals surface area (Å²) in [6.07, 6.45) is 2.15. The van der Waals surface area contributed by atoms with Crippen LogP contribution < -0.4 is 0 Å². The van der Waals surface area contributed by atoms with Crippen LogP contribution in [-0.2, 0) is 4.79 Å². The van der Waals surface area contributed by atoms with E-state index < -0.39 is 5.97 Å². The van der Waals surface area contributed by atoms with Gasteiger partial charge in [-0.2, -0.15) is 0 Å². The Kier molecular flexibility index (Phi) is 4.61. The first kappa shape index (κ1) is 13.4. The largest absolute Gasteiger partial charge is 0.481 e. The average Bonchev–Trinajstić information content (AvgIpc) is 2.78. The number of carboxylic acid groups (broad SMARTS) is 1. The molecular formula is C14H18ClNO2. The van der Waals surface area contributed by atoms with E-state index in [-0.39, 0.29) is 6.42 Å².